The maximum atomic E-state index is 14.3. The molecule has 0 aromatic carbocycles. The summed E-state index contributed by atoms with van der Waals surface area (Å²) in [6, 6.07) is 0. The zero-order valence-corrected chi connectivity index (χ0v) is 16.0. The van der Waals surface area contributed by atoms with Crippen molar-refractivity contribution in [3.05, 3.63) is 11.6 Å². The molecule has 5 atom stereocenters. The Bertz CT molecular complexity index is 483. The predicted octanol–water partition coefficient (Wildman–Crippen LogP) is 5.02. The Morgan fingerprint density at radius 3 is 2.73 bits per heavy atom. The van der Waals surface area contributed by atoms with Gasteiger partial charge in [0.15, 0.2) is 0 Å². The highest BCUT2D eigenvalue weighted by atomic mass is 32.2. The van der Waals surface area contributed by atoms with E-state index in [-0.39, 0.29) is 24.0 Å². The summed E-state index contributed by atoms with van der Waals surface area (Å²) in [5.74, 6) is -0.723. The van der Waals surface area contributed by atoms with Gasteiger partial charge in [-0.3, -0.25) is 4.72 Å². The molecule has 2 saturated carbocycles. The molecule has 2 fully saturated rings. The number of hydrogen-bond donors (Lipinski definition) is 2. The van der Waals surface area contributed by atoms with E-state index in [0.29, 0.717) is 25.3 Å². The molecule has 0 bridgehead atoms. The van der Waals surface area contributed by atoms with Crippen LogP contribution in [0.4, 0.5) is 17.6 Å². The van der Waals surface area contributed by atoms with E-state index in [1.807, 2.05) is 0 Å². The molecule has 26 heavy (non-hydrogen) atoms. The molecule has 1 heterocycles. The van der Waals surface area contributed by atoms with Gasteiger partial charge in [0, 0.05) is 24.3 Å². The molecule has 1 aliphatic heterocycles. The van der Waals surface area contributed by atoms with E-state index in [2.05, 4.69) is 16.1 Å². The average molecular weight is 395 g/mol. The maximum absolute atomic E-state index is 14.3. The minimum atomic E-state index is -4.08. The first-order valence-electron chi connectivity index (χ1n) is 9.92. The maximum Gasteiger partial charge on any atom is 0.391 e. The minimum absolute atomic E-state index is 0.0139. The van der Waals surface area contributed by atoms with Gasteiger partial charge in [0.25, 0.3) is 0 Å². The fraction of sp³-hybridized carbons (Fsp3) is 0.895. The zero-order valence-electron chi connectivity index (χ0n) is 15.2. The van der Waals surface area contributed by atoms with E-state index in [0.717, 1.165) is 38.8 Å². The van der Waals surface area contributed by atoms with Gasteiger partial charge in [-0.05, 0) is 57.4 Å². The molecule has 2 nitrogen and oxygen atoms in total. The highest BCUT2D eigenvalue weighted by molar-refractivity contribution is 7.98. The van der Waals surface area contributed by atoms with Gasteiger partial charge in [-0.1, -0.05) is 30.0 Å². The smallest absolute Gasteiger partial charge is 0.313 e. The van der Waals surface area contributed by atoms with Crippen LogP contribution in [0.15, 0.2) is 11.6 Å². The van der Waals surface area contributed by atoms with Crippen molar-refractivity contribution < 1.29 is 17.6 Å². The van der Waals surface area contributed by atoms with Crippen molar-refractivity contribution >= 4 is 11.9 Å². The summed E-state index contributed by atoms with van der Waals surface area (Å²) in [7, 11) is 0. The molecule has 0 saturated heterocycles. The van der Waals surface area contributed by atoms with Gasteiger partial charge in [-0.15, -0.1) is 0 Å². The lowest BCUT2D eigenvalue weighted by Gasteiger charge is -2.35. The molecule has 0 amide bonds. The van der Waals surface area contributed by atoms with Crippen molar-refractivity contribution in [3.8, 4) is 0 Å². The molecule has 0 radical (unpaired) electrons. The second-order valence-electron chi connectivity index (χ2n) is 8.01. The Morgan fingerprint density at radius 1 is 1.15 bits per heavy atom. The van der Waals surface area contributed by atoms with E-state index in [9.17, 15) is 17.6 Å². The van der Waals surface area contributed by atoms with E-state index in [1.165, 1.54) is 17.5 Å². The molecule has 3 aliphatic rings. The Morgan fingerprint density at radius 2 is 2.00 bits per heavy atom. The van der Waals surface area contributed by atoms with Crippen LogP contribution in [-0.2, 0) is 0 Å². The first kappa shape index (κ1) is 20.5. The molecule has 0 spiro atoms. The molecular weight excluding hydrogens is 364 g/mol. The van der Waals surface area contributed by atoms with E-state index in [1.54, 1.807) is 0 Å². The predicted molar refractivity (Wildman–Crippen MR) is 98.7 cm³/mol. The van der Waals surface area contributed by atoms with Crippen LogP contribution < -0.4 is 10.0 Å². The van der Waals surface area contributed by atoms with Crippen molar-refractivity contribution in [2.75, 3.05) is 19.6 Å². The number of halogens is 4. The highest BCUT2D eigenvalue weighted by Gasteiger charge is 2.42. The SMILES string of the molecule is FC1CCC(C2=CCNCC2)CC1CNSC1CCCC(C(F)(F)F)C1. The van der Waals surface area contributed by atoms with Crippen molar-refractivity contribution in [2.45, 2.75) is 69.0 Å². The lowest BCUT2D eigenvalue weighted by atomic mass is 9.75. The number of rotatable bonds is 5. The van der Waals surface area contributed by atoms with Crippen LogP contribution in [0, 0.1) is 17.8 Å². The second-order valence-corrected chi connectivity index (χ2v) is 9.20. The summed E-state index contributed by atoms with van der Waals surface area (Å²) in [4.78, 5) is 0. The summed E-state index contributed by atoms with van der Waals surface area (Å²) < 4.78 is 56.3. The van der Waals surface area contributed by atoms with Crippen molar-refractivity contribution in [3.63, 3.8) is 0 Å². The van der Waals surface area contributed by atoms with E-state index in [4.69, 9.17) is 0 Å². The fourth-order valence-electron chi connectivity index (χ4n) is 4.61. The Balaban J connectivity index is 1.43. The molecule has 7 heteroatoms. The van der Waals surface area contributed by atoms with Crippen LogP contribution in [0.25, 0.3) is 0 Å². The molecule has 0 aromatic heterocycles. The van der Waals surface area contributed by atoms with Gasteiger partial charge in [0.1, 0.15) is 6.17 Å². The van der Waals surface area contributed by atoms with Crippen molar-refractivity contribution in [1.82, 2.24) is 10.0 Å². The number of alkyl halides is 4. The highest BCUT2D eigenvalue weighted by Crippen LogP contribution is 2.41. The van der Waals surface area contributed by atoms with Gasteiger partial charge in [0.2, 0.25) is 0 Å². The quantitative estimate of drug-likeness (QED) is 0.389. The fourth-order valence-corrected chi connectivity index (χ4v) is 5.77. The molecule has 3 rings (SSSR count). The largest absolute Gasteiger partial charge is 0.391 e. The van der Waals surface area contributed by atoms with Crippen molar-refractivity contribution in [1.29, 1.82) is 0 Å². The van der Waals surface area contributed by atoms with Gasteiger partial charge in [0.05, 0.1) is 5.92 Å². The summed E-state index contributed by atoms with van der Waals surface area (Å²) in [6.07, 6.45) is 2.70. The topological polar surface area (TPSA) is 24.1 Å². The van der Waals surface area contributed by atoms with Crippen LogP contribution in [-0.4, -0.2) is 37.2 Å². The lowest BCUT2D eigenvalue weighted by Crippen LogP contribution is -2.36. The molecule has 150 valence electrons. The third-order valence-corrected chi connectivity index (χ3v) is 7.29. The third kappa shape index (κ3) is 5.61. The number of nitrogens with one attached hydrogen (secondary N) is 2. The standard InChI is InChI=1S/C19H30F4N2S/c20-18-5-4-14(13-6-8-24-9-7-13)10-15(18)12-25-26-17-3-1-2-16(11-17)19(21,22)23/h6,14-18,24-25H,1-5,7-12H2. The van der Waals surface area contributed by atoms with Crippen LogP contribution in [0.5, 0.6) is 0 Å². The monoisotopic (exact) mass is 394 g/mol. The summed E-state index contributed by atoms with van der Waals surface area (Å²) in [5, 5.41) is 3.30. The minimum Gasteiger partial charge on any atom is -0.313 e. The molecule has 2 aliphatic carbocycles. The van der Waals surface area contributed by atoms with Gasteiger partial charge in [-0.25, -0.2) is 4.39 Å². The third-order valence-electron chi connectivity index (χ3n) is 6.20. The second kappa shape index (κ2) is 9.28. The van der Waals surface area contributed by atoms with E-state index >= 15 is 0 Å². The molecule has 2 N–H and O–H groups in total. The lowest BCUT2D eigenvalue weighted by molar-refractivity contribution is -0.181. The summed E-state index contributed by atoms with van der Waals surface area (Å²) >= 11 is 1.41. The first-order chi connectivity index (χ1) is 12.4. The van der Waals surface area contributed by atoms with Gasteiger partial charge >= 0.3 is 6.18 Å². The van der Waals surface area contributed by atoms with E-state index < -0.39 is 18.3 Å². The van der Waals surface area contributed by atoms with Gasteiger partial charge < -0.3 is 5.32 Å². The average Bonchev–Trinajstić information content (AvgIpc) is 2.63. The van der Waals surface area contributed by atoms with Gasteiger partial charge in [-0.2, -0.15) is 13.2 Å². The number of hydrogen-bond acceptors (Lipinski definition) is 3. The van der Waals surface area contributed by atoms with Crippen LogP contribution in [0.3, 0.4) is 0 Å². The summed E-state index contributed by atoms with van der Waals surface area (Å²) in [5.41, 5.74) is 1.47. The first-order valence-corrected chi connectivity index (χ1v) is 10.8. The molecule has 0 aromatic rings. The Labute approximate surface area is 158 Å². The van der Waals surface area contributed by atoms with Crippen LogP contribution in [0.1, 0.15) is 51.4 Å². The Kier molecular flexibility index (Phi) is 7.31. The van der Waals surface area contributed by atoms with Crippen LogP contribution >= 0.6 is 11.9 Å². The van der Waals surface area contributed by atoms with Crippen LogP contribution in [0.2, 0.25) is 0 Å². The molecular formula is C19H30F4N2S. The Hall–Kier alpha value is -0.270. The summed E-state index contributed by atoms with van der Waals surface area (Å²) in [6.45, 7) is 2.47. The normalized spacial score (nSPS) is 36.6. The zero-order chi connectivity index (χ0) is 18.6. The molecule has 5 unspecified atom stereocenters. The van der Waals surface area contributed by atoms with Crippen molar-refractivity contribution in [2.24, 2.45) is 17.8 Å².